The maximum absolute atomic E-state index is 12.5. The molecule has 0 aromatic heterocycles. The Morgan fingerprint density at radius 1 is 1.03 bits per heavy atom. The Labute approximate surface area is 189 Å². The predicted octanol–water partition coefficient (Wildman–Crippen LogP) is 1.07. The van der Waals surface area contributed by atoms with E-state index in [-0.39, 0.29) is 24.0 Å². The number of benzene rings is 1. The maximum Gasteiger partial charge on any atom is 0.411 e. The third kappa shape index (κ3) is 3.53. The number of hydrogen-bond acceptors (Lipinski definition) is 6. The number of rotatable bonds is 4. The second-order valence-electron chi connectivity index (χ2n) is 10.3. The van der Waals surface area contributed by atoms with E-state index in [1.54, 1.807) is 0 Å². The van der Waals surface area contributed by atoms with Crippen molar-refractivity contribution in [2.24, 2.45) is 5.92 Å². The van der Waals surface area contributed by atoms with Gasteiger partial charge in [0, 0.05) is 64.0 Å². The van der Waals surface area contributed by atoms with Crippen molar-refractivity contribution in [1.29, 1.82) is 0 Å². The maximum atomic E-state index is 12.5. The highest BCUT2D eigenvalue weighted by atomic mass is 16.6. The van der Waals surface area contributed by atoms with Crippen LogP contribution < -0.4 is 4.90 Å². The fourth-order valence-corrected chi connectivity index (χ4v) is 5.71. The number of fused-ring (bicyclic) bond motifs is 2. The van der Waals surface area contributed by atoms with Gasteiger partial charge in [-0.15, -0.1) is 0 Å². The van der Waals surface area contributed by atoms with Gasteiger partial charge in [0.1, 0.15) is 0 Å². The van der Waals surface area contributed by atoms with Gasteiger partial charge < -0.3 is 19.4 Å². The van der Waals surface area contributed by atoms with E-state index in [0.29, 0.717) is 19.6 Å². The van der Waals surface area contributed by atoms with Gasteiger partial charge in [-0.3, -0.25) is 14.6 Å². The van der Waals surface area contributed by atoms with E-state index in [0.717, 1.165) is 58.7 Å². The van der Waals surface area contributed by atoms with E-state index in [4.69, 9.17) is 4.74 Å². The quantitative estimate of drug-likeness (QED) is 0.700. The summed E-state index contributed by atoms with van der Waals surface area (Å²) < 4.78 is 5.86. The van der Waals surface area contributed by atoms with Crippen molar-refractivity contribution in [2.45, 2.75) is 31.0 Å². The number of likely N-dealkylation sites (N-methyl/N-ethyl adjacent to an activating group) is 1. The Balaban J connectivity index is 1.08. The smallest absolute Gasteiger partial charge is 0.411 e. The zero-order valence-corrected chi connectivity index (χ0v) is 18.9. The van der Waals surface area contributed by atoms with E-state index in [1.807, 2.05) is 9.80 Å². The van der Waals surface area contributed by atoms with E-state index < -0.39 is 5.60 Å². The van der Waals surface area contributed by atoms with E-state index in [1.165, 1.54) is 11.3 Å². The molecular weight excluding hydrogens is 406 g/mol. The molecule has 1 spiro atoms. The molecule has 4 heterocycles. The molecule has 1 aliphatic carbocycles. The van der Waals surface area contributed by atoms with Crippen molar-refractivity contribution in [3.8, 4) is 0 Å². The fraction of sp³-hybridized carbons (Fsp3) is 0.667. The van der Waals surface area contributed by atoms with Gasteiger partial charge in [-0.05, 0) is 37.6 Å². The molecule has 1 atom stereocenters. The molecule has 0 bridgehead atoms. The number of nitrogens with zero attached hydrogens (tertiary/aromatic N) is 5. The summed E-state index contributed by atoms with van der Waals surface area (Å²) in [6.45, 7) is 8.73. The highest BCUT2D eigenvalue weighted by Gasteiger charge is 2.63. The summed E-state index contributed by atoms with van der Waals surface area (Å²) in [5, 5.41) is 0. The van der Waals surface area contributed by atoms with Gasteiger partial charge in [-0.2, -0.15) is 0 Å². The fourth-order valence-electron chi connectivity index (χ4n) is 5.71. The minimum atomic E-state index is -0.508. The summed E-state index contributed by atoms with van der Waals surface area (Å²) in [4.78, 5) is 35.9. The summed E-state index contributed by atoms with van der Waals surface area (Å²) in [5.41, 5.74) is 2.09. The van der Waals surface area contributed by atoms with Crippen LogP contribution in [0.2, 0.25) is 0 Å². The zero-order valence-electron chi connectivity index (χ0n) is 18.9. The molecule has 2 amide bonds. The van der Waals surface area contributed by atoms with Crippen molar-refractivity contribution in [3.63, 3.8) is 0 Å². The Morgan fingerprint density at radius 2 is 1.75 bits per heavy atom. The van der Waals surface area contributed by atoms with Crippen LogP contribution in [0.5, 0.6) is 0 Å². The van der Waals surface area contributed by atoms with Crippen molar-refractivity contribution < 1.29 is 14.3 Å². The van der Waals surface area contributed by atoms with Crippen molar-refractivity contribution in [3.05, 3.63) is 29.8 Å². The monoisotopic (exact) mass is 439 g/mol. The minimum Gasteiger partial charge on any atom is -0.437 e. The van der Waals surface area contributed by atoms with Crippen molar-refractivity contribution in [1.82, 2.24) is 19.6 Å². The van der Waals surface area contributed by atoms with E-state index in [9.17, 15) is 9.59 Å². The Hall–Kier alpha value is -2.32. The molecule has 0 N–H and O–H groups in total. The number of piperazine rings is 2. The highest BCUT2D eigenvalue weighted by molar-refractivity contribution is 5.83. The van der Waals surface area contributed by atoms with Gasteiger partial charge in [0.15, 0.2) is 5.60 Å². The second-order valence-corrected chi connectivity index (χ2v) is 10.3. The van der Waals surface area contributed by atoms with Crippen LogP contribution in [-0.2, 0) is 16.1 Å². The van der Waals surface area contributed by atoms with Gasteiger partial charge in [0.05, 0.1) is 19.1 Å². The molecule has 172 valence electrons. The molecule has 1 saturated carbocycles. The molecule has 4 saturated heterocycles. The Kier molecular flexibility index (Phi) is 4.84. The van der Waals surface area contributed by atoms with Crippen LogP contribution in [0.1, 0.15) is 18.4 Å². The second kappa shape index (κ2) is 7.63. The summed E-state index contributed by atoms with van der Waals surface area (Å²) in [6.07, 6.45) is 1.82. The number of likely N-dealkylation sites (tertiary alicyclic amines) is 1. The topological polar surface area (TPSA) is 59.6 Å². The van der Waals surface area contributed by atoms with Crippen molar-refractivity contribution in [2.75, 3.05) is 70.9 Å². The van der Waals surface area contributed by atoms with Crippen LogP contribution in [0, 0.1) is 5.92 Å². The Bertz CT molecular complexity index is 887. The van der Waals surface area contributed by atoms with E-state index >= 15 is 0 Å². The largest absolute Gasteiger partial charge is 0.437 e. The molecule has 1 aromatic rings. The van der Waals surface area contributed by atoms with Crippen LogP contribution in [-0.4, -0.2) is 109 Å². The molecule has 1 unspecified atom stereocenters. The van der Waals surface area contributed by atoms with E-state index in [2.05, 4.69) is 46.0 Å². The molecule has 8 heteroatoms. The summed E-state index contributed by atoms with van der Waals surface area (Å²) in [6, 6.07) is 9.01. The van der Waals surface area contributed by atoms with Gasteiger partial charge in [0.25, 0.3) is 0 Å². The lowest BCUT2D eigenvalue weighted by Crippen LogP contribution is -2.72. The van der Waals surface area contributed by atoms with Crippen LogP contribution in [0.15, 0.2) is 24.3 Å². The number of carbonyl (C=O) groups excluding carboxylic acids is 2. The molecule has 5 fully saturated rings. The molecule has 32 heavy (non-hydrogen) atoms. The number of amides is 2. The number of ether oxygens (including phenoxy) is 1. The molecule has 6 rings (SSSR count). The minimum absolute atomic E-state index is 0.0385. The Morgan fingerprint density at radius 3 is 2.44 bits per heavy atom. The van der Waals surface area contributed by atoms with Crippen LogP contribution in [0.25, 0.3) is 0 Å². The third-order valence-electron chi connectivity index (χ3n) is 7.96. The van der Waals surface area contributed by atoms with Crippen LogP contribution in [0.3, 0.4) is 0 Å². The average molecular weight is 440 g/mol. The van der Waals surface area contributed by atoms with Crippen LogP contribution >= 0.6 is 0 Å². The molecule has 1 aromatic carbocycles. The first-order valence-electron chi connectivity index (χ1n) is 12.0. The summed E-state index contributed by atoms with van der Waals surface area (Å²) in [7, 11) is 2.18. The first kappa shape index (κ1) is 20.3. The number of carbonyl (C=O) groups is 2. The molecule has 5 aliphatic rings. The lowest BCUT2D eigenvalue weighted by Gasteiger charge is -2.51. The van der Waals surface area contributed by atoms with Gasteiger partial charge in [0.2, 0.25) is 5.91 Å². The first-order chi connectivity index (χ1) is 15.5. The average Bonchev–Trinajstić information content (AvgIpc) is 3.58. The van der Waals surface area contributed by atoms with Crippen molar-refractivity contribution >= 4 is 17.7 Å². The summed E-state index contributed by atoms with van der Waals surface area (Å²) >= 11 is 0. The lowest BCUT2D eigenvalue weighted by molar-refractivity contribution is -0.157. The number of hydrogen-bond donors (Lipinski definition) is 0. The molecule has 0 radical (unpaired) electrons. The normalized spacial score (nSPS) is 28.0. The van der Waals surface area contributed by atoms with Gasteiger partial charge in [-0.25, -0.2) is 4.79 Å². The number of anilines is 1. The van der Waals surface area contributed by atoms with Gasteiger partial charge in [-0.1, -0.05) is 12.1 Å². The highest BCUT2D eigenvalue weighted by Crippen LogP contribution is 2.42. The lowest BCUT2D eigenvalue weighted by atomic mass is 9.84. The summed E-state index contributed by atoms with van der Waals surface area (Å²) in [5.74, 6) is 0.468. The SMILES string of the molecule is CN1CCN(c2ccc(CN3CCN4C(=O)OC5(CN(C(=O)C6CC6)C5)C4C3)cc2)CC1. The molecular formula is C24H33N5O3. The first-order valence-corrected chi connectivity index (χ1v) is 12.0. The third-order valence-corrected chi connectivity index (χ3v) is 7.96. The predicted molar refractivity (Wildman–Crippen MR) is 120 cm³/mol. The van der Waals surface area contributed by atoms with Gasteiger partial charge >= 0.3 is 6.09 Å². The standard InChI is InChI=1S/C24H33N5O3/c1-25-8-11-27(12-9-25)20-6-2-18(3-7-20)14-26-10-13-29-21(15-26)24(32-23(29)31)16-28(17-24)22(30)19-4-5-19/h2-3,6-7,19,21H,4-5,8-17H2,1H3. The molecule has 8 nitrogen and oxygen atoms in total. The zero-order chi connectivity index (χ0) is 21.9. The molecule has 4 aliphatic heterocycles. The van der Waals surface area contributed by atoms with Crippen LogP contribution in [0.4, 0.5) is 10.5 Å².